The Morgan fingerprint density at radius 3 is 2.59 bits per heavy atom. The van der Waals surface area contributed by atoms with Crippen LogP contribution in [0.1, 0.15) is 0 Å². The molecule has 0 saturated heterocycles. The van der Waals surface area contributed by atoms with E-state index in [1.54, 1.807) is 0 Å². The summed E-state index contributed by atoms with van der Waals surface area (Å²) in [6.45, 7) is 0.138. The van der Waals surface area contributed by atoms with Crippen molar-refractivity contribution >= 4 is 21.6 Å². The van der Waals surface area contributed by atoms with Crippen LogP contribution in [0.25, 0.3) is 10.8 Å². The standard InChI is InChI=1S/C13H15NO2S/c14-8-12(15)9-17(16)13-6-5-10-3-1-2-4-11(10)7-13/h1-7,12,15H,8-9,14H2/t12-,17?/m1/s1. The van der Waals surface area contributed by atoms with Crippen LogP contribution >= 0.6 is 0 Å². The summed E-state index contributed by atoms with van der Waals surface area (Å²) < 4.78 is 12.0. The average molecular weight is 249 g/mol. The predicted molar refractivity (Wildman–Crippen MR) is 70.3 cm³/mol. The van der Waals surface area contributed by atoms with Crippen molar-refractivity contribution in [1.29, 1.82) is 0 Å². The van der Waals surface area contributed by atoms with E-state index in [1.807, 2.05) is 42.5 Å². The van der Waals surface area contributed by atoms with Gasteiger partial charge in [0.05, 0.1) is 22.7 Å². The van der Waals surface area contributed by atoms with E-state index in [1.165, 1.54) is 0 Å². The maximum absolute atomic E-state index is 12.0. The fraction of sp³-hybridized carbons (Fsp3) is 0.231. The quantitative estimate of drug-likeness (QED) is 0.857. The van der Waals surface area contributed by atoms with Crippen LogP contribution in [0, 0.1) is 0 Å². The number of aliphatic hydroxyl groups excluding tert-OH is 1. The summed E-state index contributed by atoms with van der Waals surface area (Å²) in [5.41, 5.74) is 5.30. The summed E-state index contributed by atoms with van der Waals surface area (Å²) >= 11 is 0. The van der Waals surface area contributed by atoms with Gasteiger partial charge in [0.1, 0.15) is 0 Å². The van der Waals surface area contributed by atoms with E-state index in [9.17, 15) is 9.32 Å². The lowest BCUT2D eigenvalue weighted by Gasteiger charge is -2.08. The van der Waals surface area contributed by atoms with E-state index in [-0.39, 0.29) is 12.3 Å². The van der Waals surface area contributed by atoms with E-state index < -0.39 is 16.9 Å². The molecule has 0 aliphatic carbocycles. The zero-order valence-electron chi connectivity index (χ0n) is 9.37. The average Bonchev–Trinajstić information content (AvgIpc) is 2.38. The first kappa shape index (κ1) is 12.2. The number of hydrogen-bond acceptors (Lipinski definition) is 3. The highest BCUT2D eigenvalue weighted by Crippen LogP contribution is 2.18. The van der Waals surface area contributed by atoms with Crippen molar-refractivity contribution in [3.8, 4) is 0 Å². The number of rotatable bonds is 4. The SMILES string of the molecule is NC[C@@H](O)CS(=O)c1ccc2ccccc2c1. The second kappa shape index (κ2) is 5.40. The highest BCUT2D eigenvalue weighted by atomic mass is 32.2. The van der Waals surface area contributed by atoms with E-state index in [4.69, 9.17) is 5.73 Å². The van der Waals surface area contributed by atoms with Crippen LogP contribution in [0.5, 0.6) is 0 Å². The van der Waals surface area contributed by atoms with Gasteiger partial charge in [0.2, 0.25) is 0 Å². The summed E-state index contributed by atoms with van der Waals surface area (Å²) in [5, 5.41) is 11.6. The summed E-state index contributed by atoms with van der Waals surface area (Å²) in [6, 6.07) is 13.6. The molecule has 3 nitrogen and oxygen atoms in total. The Morgan fingerprint density at radius 2 is 1.88 bits per heavy atom. The van der Waals surface area contributed by atoms with E-state index in [0.29, 0.717) is 0 Å². The maximum atomic E-state index is 12.0. The third-order valence-corrected chi connectivity index (χ3v) is 4.07. The Bertz CT molecular complexity index is 542. The van der Waals surface area contributed by atoms with Gasteiger partial charge >= 0.3 is 0 Å². The predicted octanol–water partition coefficient (Wildman–Crippen LogP) is 1.27. The second-order valence-corrected chi connectivity index (χ2v) is 5.41. The molecule has 90 valence electrons. The van der Waals surface area contributed by atoms with E-state index >= 15 is 0 Å². The zero-order valence-corrected chi connectivity index (χ0v) is 10.2. The lowest BCUT2D eigenvalue weighted by Crippen LogP contribution is -2.25. The molecule has 4 heteroatoms. The Kier molecular flexibility index (Phi) is 3.89. The van der Waals surface area contributed by atoms with Crippen LogP contribution in [0.2, 0.25) is 0 Å². The molecule has 0 amide bonds. The first-order valence-electron chi connectivity index (χ1n) is 5.46. The van der Waals surface area contributed by atoms with Crippen molar-refractivity contribution in [1.82, 2.24) is 0 Å². The van der Waals surface area contributed by atoms with Gasteiger partial charge in [-0.05, 0) is 22.9 Å². The molecule has 2 atom stereocenters. The third-order valence-electron chi connectivity index (χ3n) is 2.60. The molecule has 0 aromatic heterocycles. The Balaban J connectivity index is 2.27. The minimum Gasteiger partial charge on any atom is -0.391 e. The molecule has 0 radical (unpaired) electrons. The molecule has 2 rings (SSSR count). The molecule has 17 heavy (non-hydrogen) atoms. The molecule has 1 unspecified atom stereocenters. The van der Waals surface area contributed by atoms with Gasteiger partial charge in [-0.2, -0.15) is 0 Å². The summed E-state index contributed by atoms with van der Waals surface area (Å²) in [4.78, 5) is 0.733. The minimum absolute atomic E-state index is 0.138. The lowest BCUT2D eigenvalue weighted by atomic mass is 10.1. The van der Waals surface area contributed by atoms with Crippen LogP contribution in [0.15, 0.2) is 47.4 Å². The lowest BCUT2D eigenvalue weighted by molar-refractivity contribution is 0.207. The van der Waals surface area contributed by atoms with Gasteiger partial charge in [0, 0.05) is 11.4 Å². The summed E-state index contributed by atoms with van der Waals surface area (Å²) in [7, 11) is -1.20. The van der Waals surface area contributed by atoms with Gasteiger partial charge in [-0.15, -0.1) is 0 Å². The van der Waals surface area contributed by atoms with Crippen molar-refractivity contribution in [3.05, 3.63) is 42.5 Å². The molecule has 0 heterocycles. The highest BCUT2D eigenvalue weighted by molar-refractivity contribution is 7.85. The molecule has 2 aromatic rings. The molecule has 0 bridgehead atoms. The van der Waals surface area contributed by atoms with Gasteiger partial charge in [0.25, 0.3) is 0 Å². The molecule has 0 fully saturated rings. The topological polar surface area (TPSA) is 63.3 Å². The summed E-state index contributed by atoms with van der Waals surface area (Å²) in [6.07, 6.45) is -0.706. The first-order chi connectivity index (χ1) is 8.20. The fourth-order valence-electron chi connectivity index (χ4n) is 1.65. The molecule has 0 saturated carbocycles. The van der Waals surface area contributed by atoms with Crippen molar-refractivity contribution < 1.29 is 9.32 Å². The molecule has 2 aromatic carbocycles. The first-order valence-corrected chi connectivity index (χ1v) is 6.78. The van der Waals surface area contributed by atoms with Gasteiger partial charge < -0.3 is 10.8 Å². The number of fused-ring (bicyclic) bond motifs is 1. The van der Waals surface area contributed by atoms with Gasteiger partial charge in [0.15, 0.2) is 0 Å². The van der Waals surface area contributed by atoms with Crippen molar-refractivity contribution in [2.75, 3.05) is 12.3 Å². The Morgan fingerprint density at radius 1 is 1.18 bits per heavy atom. The van der Waals surface area contributed by atoms with Gasteiger partial charge in [-0.3, -0.25) is 4.21 Å². The molecular weight excluding hydrogens is 234 g/mol. The largest absolute Gasteiger partial charge is 0.391 e. The van der Waals surface area contributed by atoms with Gasteiger partial charge in [-0.25, -0.2) is 0 Å². The van der Waals surface area contributed by atoms with E-state index in [0.717, 1.165) is 15.7 Å². The monoisotopic (exact) mass is 249 g/mol. The smallest absolute Gasteiger partial charge is 0.0781 e. The molecule has 0 aliphatic rings. The van der Waals surface area contributed by atoms with Crippen molar-refractivity contribution in [2.24, 2.45) is 5.73 Å². The Hall–Kier alpha value is -1.23. The maximum Gasteiger partial charge on any atom is 0.0781 e. The van der Waals surface area contributed by atoms with Crippen LogP contribution in [-0.2, 0) is 10.8 Å². The normalized spacial score (nSPS) is 14.7. The van der Waals surface area contributed by atoms with Crippen molar-refractivity contribution in [2.45, 2.75) is 11.0 Å². The number of nitrogens with two attached hydrogens (primary N) is 1. The fourth-order valence-corrected chi connectivity index (χ4v) is 2.80. The molecular formula is C13H15NO2S. The van der Waals surface area contributed by atoms with Crippen molar-refractivity contribution in [3.63, 3.8) is 0 Å². The van der Waals surface area contributed by atoms with Crippen LogP contribution in [-0.4, -0.2) is 27.7 Å². The molecule has 0 spiro atoms. The van der Waals surface area contributed by atoms with Crippen LogP contribution in [0.4, 0.5) is 0 Å². The number of benzene rings is 2. The summed E-state index contributed by atoms with van der Waals surface area (Å²) in [5.74, 6) is 0.189. The molecule has 3 N–H and O–H groups in total. The van der Waals surface area contributed by atoms with Crippen LogP contribution < -0.4 is 5.73 Å². The highest BCUT2D eigenvalue weighted by Gasteiger charge is 2.10. The second-order valence-electron chi connectivity index (χ2n) is 3.91. The Labute approximate surface area is 103 Å². The minimum atomic E-state index is -1.20. The number of hydrogen-bond donors (Lipinski definition) is 2. The third kappa shape index (κ3) is 2.91. The number of aliphatic hydroxyl groups is 1. The van der Waals surface area contributed by atoms with Gasteiger partial charge in [-0.1, -0.05) is 30.3 Å². The van der Waals surface area contributed by atoms with E-state index in [2.05, 4.69) is 0 Å². The molecule has 0 aliphatic heterocycles. The van der Waals surface area contributed by atoms with Crippen LogP contribution in [0.3, 0.4) is 0 Å². The zero-order chi connectivity index (χ0) is 12.3.